The van der Waals surface area contributed by atoms with Crippen LogP contribution in [0.15, 0.2) is 53.4 Å². The topological polar surface area (TPSA) is 79.2 Å². The monoisotopic (exact) mass is 366 g/mol. The van der Waals surface area contributed by atoms with Gasteiger partial charge in [-0.25, -0.2) is 13.1 Å². The molecule has 0 unspecified atom stereocenters. The Hall–Kier alpha value is -2.50. The number of nitriles is 1. The Morgan fingerprint density at radius 2 is 1.80 bits per heavy atom. The standard InChI is InChI=1S/C17H16F2N2O3S/c1-2-15(14-5-3-4-6-16(14)24-17(18)19)21-25(22,23)13-9-7-12(11-20)8-10-13/h3-10,15,17,21H,2H2,1H3/t15-/m1/s1. The van der Waals surface area contributed by atoms with E-state index in [9.17, 15) is 17.2 Å². The molecule has 0 saturated heterocycles. The first-order valence-electron chi connectivity index (χ1n) is 7.43. The second-order valence-electron chi connectivity index (χ2n) is 5.13. The molecule has 1 N–H and O–H groups in total. The zero-order valence-corrected chi connectivity index (χ0v) is 14.1. The second-order valence-corrected chi connectivity index (χ2v) is 6.85. The van der Waals surface area contributed by atoms with Gasteiger partial charge in [0, 0.05) is 5.56 Å². The van der Waals surface area contributed by atoms with Gasteiger partial charge in [-0.1, -0.05) is 25.1 Å². The van der Waals surface area contributed by atoms with Crippen molar-refractivity contribution in [1.29, 1.82) is 5.26 Å². The third kappa shape index (κ3) is 4.75. The lowest BCUT2D eigenvalue weighted by molar-refractivity contribution is -0.0506. The van der Waals surface area contributed by atoms with Crippen LogP contribution in [0.3, 0.4) is 0 Å². The van der Waals surface area contributed by atoms with E-state index in [1.807, 2.05) is 6.07 Å². The third-order valence-electron chi connectivity index (χ3n) is 3.51. The summed E-state index contributed by atoms with van der Waals surface area (Å²) in [5.74, 6) is -0.0770. The SMILES string of the molecule is CC[C@@H](NS(=O)(=O)c1ccc(C#N)cc1)c1ccccc1OC(F)F. The van der Waals surface area contributed by atoms with Crippen molar-refractivity contribution in [2.75, 3.05) is 0 Å². The van der Waals surface area contributed by atoms with E-state index in [0.717, 1.165) is 0 Å². The van der Waals surface area contributed by atoms with Crippen molar-refractivity contribution in [3.63, 3.8) is 0 Å². The number of hydrogen-bond acceptors (Lipinski definition) is 4. The first kappa shape index (κ1) is 18.8. The highest BCUT2D eigenvalue weighted by molar-refractivity contribution is 7.89. The molecule has 0 heterocycles. The molecule has 0 amide bonds. The molecule has 8 heteroatoms. The lowest BCUT2D eigenvalue weighted by Crippen LogP contribution is -2.28. The number of sulfonamides is 1. The van der Waals surface area contributed by atoms with E-state index in [4.69, 9.17) is 5.26 Å². The molecule has 5 nitrogen and oxygen atoms in total. The van der Waals surface area contributed by atoms with Crippen molar-refractivity contribution in [1.82, 2.24) is 4.72 Å². The van der Waals surface area contributed by atoms with Gasteiger partial charge in [-0.15, -0.1) is 0 Å². The number of alkyl halides is 2. The zero-order chi connectivity index (χ0) is 18.4. The van der Waals surface area contributed by atoms with Gasteiger partial charge in [0.05, 0.1) is 22.6 Å². The molecule has 0 aliphatic heterocycles. The maximum Gasteiger partial charge on any atom is 0.387 e. The minimum atomic E-state index is -3.89. The van der Waals surface area contributed by atoms with Crippen molar-refractivity contribution in [3.8, 4) is 11.8 Å². The molecule has 0 spiro atoms. The van der Waals surface area contributed by atoms with Gasteiger partial charge in [-0.3, -0.25) is 0 Å². The highest BCUT2D eigenvalue weighted by Gasteiger charge is 2.23. The van der Waals surface area contributed by atoms with Crippen LogP contribution < -0.4 is 9.46 Å². The van der Waals surface area contributed by atoms with Gasteiger partial charge in [0.2, 0.25) is 10.0 Å². The van der Waals surface area contributed by atoms with E-state index in [2.05, 4.69) is 9.46 Å². The molecule has 2 aromatic rings. The Kier molecular flexibility index (Phi) is 6.07. The lowest BCUT2D eigenvalue weighted by Gasteiger charge is -2.20. The normalized spacial score (nSPS) is 12.6. The van der Waals surface area contributed by atoms with Crippen LogP contribution in [0.5, 0.6) is 5.75 Å². The number of halogens is 2. The predicted molar refractivity (Wildman–Crippen MR) is 87.6 cm³/mol. The van der Waals surface area contributed by atoms with Crippen LogP contribution in [0.1, 0.15) is 30.5 Å². The van der Waals surface area contributed by atoms with Gasteiger partial charge in [-0.2, -0.15) is 14.0 Å². The summed E-state index contributed by atoms with van der Waals surface area (Å²) in [6.07, 6.45) is 0.332. The maximum absolute atomic E-state index is 12.6. The quantitative estimate of drug-likeness (QED) is 0.812. The molecule has 0 aromatic heterocycles. The Labute approximate surface area is 144 Å². The molecule has 132 valence electrons. The number of ether oxygens (including phenoxy) is 1. The summed E-state index contributed by atoms with van der Waals surface area (Å²) in [5, 5.41) is 8.78. The number of nitrogens with one attached hydrogen (secondary N) is 1. The summed E-state index contributed by atoms with van der Waals surface area (Å²) in [7, 11) is -3.89. The van der Waals surface area contributed by atoms with Gasteiger partial charge < -0.3 is 4.74 Å². The maximum atomic E-state index is 12.6. The van der Waals surface area contributed by atoms with Crippen LogP contribution in [-0.4, -0.2) is 15.0 Å². The average molecular weight is 366 g/mol. The van der Waals surface area contributed by atoms with E-state index in [1.165, 1.54) is 42.5 Å². The molecular formula is C17H16F2N2O3S. The molecule has 1 atom stereocenters. The first-order chi connectivity index (χ1) is 11.9. The molecular weight excluding hydrogens is 350 g/mol. The molecule has 2 rings (SSSR count). The van der Waals surface area contributed by atoms with Gasteiger partial charge in [0.1, 0.15) is 5.75 Å². The van der Waals surface area contributed by atoms with E-state index >= 15 is 0 Å². The summed E-state index contributed by atoms with van der Waals surface area (Å²) < 4.78 is 57.1. The van der Waals surface area contributed by atoms with Crippen LogP contribution in [0, 0.1) is 11.3 Å². The molecule has 0 aliphatic rings. The fourth-order valence-electron chi connectivity index (χ4n) is 2.30. The molecule has 0 saturated carbocycles. The number of nitrogens with zero attached hydrogens (tertiary/aromatic N) is 1. The van der Waals surface area contributed by atoms with Crippen LogP contribution in [0.25, 0.3) is 0 Å². The highest BCUT2D eigenvalue weighted by Crippen LogP contribution is 2.29. The van der Waals surface area contributed by atoms with Crippen molar-refractivity contribution < 1.29 is 21.9 Å². The van der Waals surface area contributed by atoms with Crippen LogP contribution >= 0.6 is 0 Å². The Morgan fingerprint density at radius 3 is 2.36 bits per heavy atom. The number of benzene rings is 2. The number of rotatable bonds is 7. The van der Waals surface area contributed by atoms with Crippen LogP contribution in [0.4, 0.5) is 8.78 Å². The Bertz CT molecular complexity index is 862. The number of hydrogen-bond donors (Lipinski definition) is 1. The fraction of sp³-hybridized carbons (Fsp3) is 0.235. The molecule has 2 aromatic carbocycles. The van der Waals surface area contributed by atoms with E-state index in [1.54, 1.807) is 13.0 Å². The van der Waals surface area contributed by atoms with Crippen molar-refractivity contribution in [2.24, 2.45) is 0 Å². The fourth-order valence-corrected chi connectivity index (χ4v) is 3.60. The molecule has 25 heavy (non-hydrogen) atoms. The number of para-hydroxylation sites is 1. The van der Waals surface area contributed by atoms with Gasteiger partial charge in [0.15, 0.2) is 0 Å². The van der Waals surface area contributed by atoms with E-state index < -0.39 is 22.7 Å². The molecule has 0 aliphatic carbocycles. The second kappa shape index (κ2) is 8.05. The summed E-state index contributed by atoms with van der Waals surface area (Å²) in [5.41, 5.74) is 0.657. The van der Waals surface area contributed by atoms with Gasteiger partial charge >= 0.3 is 6.61 Å². The molecule has 0 radical (unpaired) electrons. The summed E-state index contributed by atoms with van der Waals surface area (Å²) in [6.45, 7) is -1.28. The van der Waals surface area contributed by atoms with E-state index in [0.29, 0.717) is 17.5 Å². The average Bonchev–Trinajstić information content (AvgIpc) is 2.60. The lowest BCUT2D eigenvalue weighted by atomic mass is 10.0. The van der Waals surface area contributed by atoms with Crippen LogP contribution in [0.2, 0.25) is 0 Å². The van der Waals surface area contributed by atoms with Crippen molar-refractivity contribution in [3.05, 3.63) is 59.7 Å². The minimum absolute atomic E-state index is 0.0165. The summed E-state index contributed by atoms with van der Waals surface area (Å²) in [6, 6.07) is 12.6. The molecule has 0 fully saturated rings. The van der Waals surface area contributed by atoms with Crippen molar-refractivity contribution in [2.45, 2.75) is 30.9 Å². The third-order valence-corrected chi connectivity index (χ3v) is 5.00. The Balaban J connectivity index is 2.31. The van der Waals surface area contributed by atoms with E-state index in [-0.39, 0.29) is 10.6 Å². The smallest absolute Gasteiger partial charge is 0.387 e. The van der Waals surface area contributed by atoms with Crippen LogP contribution in [-0.2, 0) is 10.0 Å². The highest BCUT2D eigenvalue weighted by atomic mass is 32.2. The zero-order valence-electron chi connectivity index (χ0n) is 13.3. The predicted octanol–water partition coefficient (Wildman–Crippen LogP) is 3.59. The van der Waals surface area contributed by atoms with Gasteiger partial charge in [0.25, 0.3) is 0 Å². The first-order valence-corrected chi connectivity index (χ1v) is 8.92. The Morgan fingerprint density at radius 1 is 1.16 bits per heavy atom. The van der Waals surface area contributed by atoms with Crippen molar-refractivity contribution >= 4 is 10.0 Å². The van der Waals surface area contributed by atoms with Gasteiger partial charge in [-0.05, 0) is 36.8 Å². The summed E-state index contributed by atoms with van der Waals surface area (Å²) in [4.78, 5) is -0.0165. The largest absolute Gasteiger partial charge is 0.434 e. The molecule has 0 bridgehead atoms. The summed E-state index contributed by atoms with van der Waals surface area (Å²) >= 11 is 0. The minimum Gasteiger partial charge on any atom is -0.434 e.